The second-order valence-corrected chi connectivity index (χ2v) is 4.87. The van der Waals surface area contributed by atoms with Gasteiger partial charge in [0, 0.05) is 23.7 Å². The van der Waals surface area contributed by atoms with Crippen LogP contribution in [0.5, 0.6) is 11.5 Å². The summed E-state index contributed by atoms with van der Waals surface area (Å²) in [5.41, 5.74) is 1.93. The number of hydrogen-bond donors (Lipinski definition) is 2. The maximum absolute atomic E-state index is 10.1. The standard InChI is InChI=1S/C16H18ClNO2/c1-2-20-15-8-4-6-13(16(15)19)11-18-10-12-5-3-7-14(17)9-12/h3-9,18-19H,2,10-11H2,1H3. The van der Waals surface area contributed by atoms with E-state index in [0.717, 1.165) is 16.1 Å². The van der Waals surface area contributed by atoms with E-state index in [1.54, 1.807) is 6.07 Å². The molecule has 0 aliphatic rings. The molecule has 0 atom stereocenters. The Kier molecular flexibility index (Phi) is 5.27. The van der Waals surface area contributed by atoms with Crippen molar-refractivity contribution in [2.24, 2.45) is 0 Å². The summed E-state index contributed by atoms with van der Waals surface area (Å²) in [5.74, 6) is 0.725. The van der Waals surface area contributed by atoms with Gasteiger partial charge in [-0.2, -0.15) is 0 Å². The van der Waals surface area contributed by atoms with Crippen molar-refractivity contribution in [3.8, 4) is 11.5 Å². The zero-order chi connectivity index (χ0) is 14.4. The lowest BCUT2D eigenvalue weighted by molar-refractivity contribution is 0.316. The summed E-state index contributed by atoms with van der Waals surface area (Å²) in [7, 11) is 0. The third-order valence-electron chi connectivity index (χ3n) is 2.92. The minimum atomic E-state index is 0.202. The highest BCUT2D eigenvalue weighted by molar-refractivity contribution is 6.30. The number of halogens is 1. The van der Waals surface area contributed by atoms with E-state index < -0.39 is 0 Å². The summed E-state index contributed by atoms with van der Waals surface area (Å²) in [4.78, 5) is 0. The van der Waals surface area contributed by atoms with Crippen molar-refractivity contribution < 1.29 is 9.84 Å². The molecule has 0 spiro atoms. The molecule has 2 rings (SSSR count). The van der Waals surface area contributed by atoms with Gasteiger partial charge in [-0.3, -0.25) is 0 Å². The van der Waals surface area contributed by atoms with Crippen LogP contribution in [0.25, 0.3) is 0 Å². The zero-order valence-electron chi connectivity index (χ0n) is 11.4. The van der Waals surface area contributed by atoms with Crippen LogP contribution in [-0.2, 0) is 13.1 Å². The number of nitrogens with one attached hydrogen (secondary N) is 1. The van der Waals surface area contributed by atoms with E-state index in [1.165, 1.54) is 0 Å². The third-order valence-corrected chi connectivity index (χ3v) is 3.15. The van der Waals surface area contributed by atoms with Gasteiger partial charge in [-0.1, -0.05) is 35.9 Å². The second kappa shape index (κ2) is 7.17. The van der Waals surface area contributed by atoms with E-state index in [9.17, 15) is 5.11 Å². The van der Waals surface area contributed by atoms with Crippen LogP contribution in [0, 0.1) is 0 Å². The number of benzene rings is 2. The van der Waals surface area contributed by atoms with Crippen molar-refractivity contribution in [3.63, 3.8) is 0 Å². The molecule has 0 aromatic heterocycles. The Balaban J connectivity index is 1.96. The lowest BCUT2D eigenvalue weighted by atomic mass is 10.1. The number of phenols is 1. The van der Waals surface area contributed by atoms with Crippen LogP contribution in [-0.4, -0.2) is 11.7 Å². The van der Waals surface area contributed by atoms with Crippen molar-refractivity contribution >= 4 is 11.6 Å². The van der Waals surface area contributed by atoms with Crippen LogP contribution in [0.1, 0.15) is 18.1 Å². The predicted molar refractivity (Wildman–Crippen MR) is 81.3 cm³/mol. The summed E-state index contributed by atoms with van der Waals surface area (Å²) >= 11 is 5.94. The largest absolute Gasteiger partial charge is 0.504 e. The van der Waals surface area contributed by atoms with Gasteiger partial charge in [0.25, 0.3) is 0 Å². The Morgan fingerprint density at radius 3 is 2.70 bits per heavy atom. The molecule has 0 aliphatic carbocycles. The summed E-state index contributed by atoms with van der Waals surface area (Å²) in [6.07, 6.45) is 0. The Morgan fingerprint density at radius 2 is 1.95 bits per heavy atom. The molecule has 2 aromatic carbocycles. The number of para-hydroxylation sites is 1. The fraction of sp³-hybridized carbons (Fsp3) is 0.250. The van der Waals surface area contributed by atoms with Crippen molar-refractivity contribution in [2.75, 3.05) is 6.61 Å². The Hall–Kier alpha value is -1.71. The van der Waals surface area contributed by atoms with Crippen LogP contribution in [0.3, 0.4) is 0 Å². The molecule has 2 N–H and O–H groups in total. The highest BCUT2D eigenvalue weighted by Gasteiger charge is 2.07. The van der Waals surface area contributed by atoms with Gasteiger partial charge in [0.1, 0.15) is 0 Å². The van der Waals surface area contributed by atoms with Crippen molar-refractivity contribution in [1.82, 2.24) is 5.32 Å². The zero-order valence-corrected chi connectivity index (χ0v) is 12.2. The number of rotatable bonds is 6. The average Bonchev–Trinajstić information content (AvgIpc) is 2.43. The van der Waals surface area contributed by atoms with E-state index in [1.807, 2.05) is 43.3 Å². The first-order valence-corrected chi connectivity index (χ1v) is 6.97. The molecule has 0 unspecified atom stereocenters. The molecule has 0 heterocycles. The molecule has 0 radical (unpaired) electrons. The van der Waals surface area contributed by atoms with E-state index in [4.69, 9.17) is 16.3 Å². The normalized spacial score (nSPS) is 10.5. The van der Waals surface area contributed by atoms with Gasteiger partial charge < -0.3 is 15.2 Å². The first-order chi connectivity index (χ1) is 9.70. The van der Waals surface area contributed by atoms with E-state index >= 15 is 0 Å². The molecule has 0 aliphatic heterocycles. The van der Waals surface area contributed by atoms with E-state index in [2.05, 4.69) is 5.32 Å². The Bertz CT molecular complexity index is 572. The number of aromatic hydroxyl groups is 1. The van der Waals surface area contributed by atoms with Crippen molar-refractivity contribution in [1.29, 1.82) is 0 Å². The average molecular weight is 292 g/mol. The number of ether oxygens (including phenoxy) is 1. The molecule has 106 valence electrons. The van der Waals surface area contributed by atoms with Gasteiger partial charge in [-0.05, 0) is 30.7 Å². The van der Waals surface area contributed by atoms with Crippen LogP contribution in [0.15, 0.2) is 42.5 Å². The fourth-order valence-electron chi connectivity index (χ4n) is 1.97. The van der Waals surface area contributed by atoms with Gasteiger partial charge >= 0.3 is 0 Å². The van der Waals surface area contributed by atoms with Gasteiger partial charge in [0.05, 0.1) is 6.61 Å². The fourth-order valence-corrected chi connectivity index (χ4v) is 2.18. The third kappa shape index (κ3) is 3.89. The predicted octanol–water partition coefficient (Wildman–Crippen LogP) is 3.73. The molecule has 0 saturated heterocycles. The first kappa shape index (κ1) is 14.7. The summed E-state index contributed by atoms with van der Waals surface area (Å²) in [5, 5.41) is 14.1. The lowest BCUT2D eigenvalue weighted by Crippen LogP contribution is -2.12. The SMILES string of the molecule is CCOc1cccc(CNCc2cccc(Cl)c2)c1O. The molecule has 0 bridgehead atoms. The van der Waals surface area contributed by atoms with Crippen LogP contribution in [0.4, 0.5) is 0 Å². The molecule has 2 aromatic rings. The van der Waals surface area contributed by atoms with Crippen LogP contribution >= 0.6 is 11.6 Å². The van der Waals surface area contributed by atoms with Gasteiger partial charge in [0.15, 0.2) is 11.5 Å². The number of hydrogen-bond acceptors (Lipinski definition) is 3. The molecular formula is C16H18ClNO2. The smallest absolute Gasteiger partial charge is 0.162 e. The molecule has 3 nitrogen and oxygen atoms in total. The molecular weight excluding hydrogens is 274 g/mol. The Labute approximate surface area is 124 Å². The quantitative estimate of drug-likeness (QED) is 0.852. The number of phenolic OH excluding ortho intramolecular Hbond substituents is 1. The molecule has 4 heteroatoms. The van der Waals surface area contributed by atoms with Crippen molar-refractivity contribution in [3.05, 3.63) is 58.6 Å². The summed E-state index contributed by atoms with van der Waals surface area (Å²) < 4.78 is 5.36. The van der Waals surface area contributed by atoms with Crippen molar-refractivity contribution in [2.45, 2.75) is 20.0 Å². The van der Waals surface area contributed by atoms with Gasteiger partial charge in [-0.15, -0.1) is 0 Å². The van der Waals surface area contributed by atoms with E-state index in [0.29, 0.717) is 25.4 Å². The molecule has 0 amide bonds. The molecule has 0 saturated carbocycles. The Morgan fingerprint density at radius 1 is 1.15 bits per heavy atom. The second-order valence-electron chi connectivity index (χ2n) is 4.43. The maximum Gasteiger partial charge on any atom is 0.162 e. The lowest BCUT2D eigenvalue weighted by Gasteiger charge is -2.11. The monoisotopic (exact) mass is 291 g/mol. The minimum absolute atomic E-state index is 0.202. The summed E-state index contributed by atoms with van der Waals surface area (Å²) in [6.45, 7) is 3.69. The van der Waals surface area contributed by atoms with Crippen LogP contribution in [0.2, 0.25) is 5.02 Å². The molecule has 0 fully saturated rings. The summed E-state index contributed by atoms with van der Waals surface area (Å²) in [6, 6.07) is 13.2. The minimum Gasteiger partial charge on any atom is -0.504 e. The van der Waals surface area contributed by atoms with Gasteiger partial charge in [-0.25, -0.2) is 0 Å². The topological polar surface area (TPSA) is 41.5 Å². The van der Waals surface area contributed by atoms with Crippen LogP contribution < -0.4 is 10.1 Å². The maximum atomic E-state index is 10.1. The van der Waals surface area contributed by atoms with E-state index in [-0.39, 0.29) is 5.75 Å². The molecule has 20 heavy (non-hydrogen) atoms. The highest BCUT2D eigenvalue weighted by atomic mass is 35.5. The highest BCUT2D eigenvalue weighted by Crippen LogP contribution is 2.29. The first-order valence-electron chi connectivity index (χ1n) is 6.59. The van der Waals surface area contributed by atoms with Gasteiger partial charge in [0.2, 0.25) is 0 Å².